The minimum atomic E-state index is -0.464. The van der Waals surface area contributed by atoms with Gasteiger partial charge in [0.25, 0.3) is 0 Å². The summed E-state index contributed by atoms with van der Waals surface area (Å²) in [6, 6.07) is 44.8. The smallest absolute Gasteiger partial charge is 0.182 e. The summed E-state index contributed by atoms with van der Waals surface area (Å²) in [5, 5.41) is 1.29. The van der Waals surface area contributed by atoms with Gasteiger partial charge in [0, 0.05) is 33.1 Å². The van der Waals surface area contributed by atoms with E-state index in [4.69, 9.17) is 15.0 Å². The van der Waals surface area contributed by atoms with Gasteiger partial charge in [-0.05, 0) is 69.1 Å². The molecular formula is C40H23N5S. The first-order chi connectivity index (χ1) is 22.8. The van der Waals surface area contributed by atoms with E-state index in [0.717, 1.165) is 5.56 Å². The zero-order chi connectivity index (χ0) is 30.2. The monoisotopic (exact) mass is 605 g/mol. The van der Waals surface area contributed by atoms with Crippen molar-refractivity contribution in [3.8, 4) is 56.0 Å². The van der Waals surface area contributed by atoms with Crippen molar-refractivity contribution in [2.75, 3.05) is 0 Å². The third-order valence-corrected chi connectivity index (χ3v) is 10.5. The number of nitrogens with zero attached hydrogens (tertiary/aromatic N) is 5. The van der Waals surface area contributed by atoms with Crippen molar-refractivity contribution in [2.45, 2.75) is 5.41 Å². The normalized spacial score (nSPS) is 13.4. The molecule has 2 aliphatic carbocycles. The molecule has 4 aromatic heterocycles. The van der Waals surface area contributed by atoms with E-state index in [1.54, 1.807) is 12.4 Å². The van der Waals surface area contributed by atoms with Gasteiger partial charge in [0.15, 0.2) is 17.5 Å². The SMILES string of the molecule is c1ccc(-c2nc(-c3ccccn3)nc(-c3cccc4c3-c3sc5ccccc5c3C43c4ccccc4-c4ccccc43)n2)nc1. The Morgan fingerprint density at radius 1 is 0.457 bits per heavy atom. The van der Waals surface area contributed by atoms with Gasteiger partial charge in [-0.3, -0.25) is 9.97 Å². The summed E-state index contributed by atoms with van der Waals surface area (Å²) >= 11 is 1.85. The highest BCUT2D eigenvalue weighted by molar-refractivity contribution is 7.22. The van der Waals surface area contributed by atoms with Gasteiger partial charge in [-0.25, -0.2) is 15.0 Å². The summed E-state index contributed by atoms with van der Waals surface area (Å²) in [6.45, 7) is 0. The molecule has 2 aliphatic rings. The highest BCUT2D eigenvalue weighted by Crippen LogP contribution is 2.66. The fourth-order valence-corrected chi connectivity index (χ4v) is 8.87. The van der Waals surface area contributed by atoms with Crippen LogP contribution >= 0.6 is 11.3 Å². The van der Waals surface area contributed by atoms with Crippen LogP contribution in [-0.4, -0.2) is 24.9 Å². The topological polar surface area (TPSA) is 64.5 Å². The van der Waals surface area contributed by atoms with Gasteiger partial charge in [0.2, 0.25) is 0 Å². The predicted octanol–water partition coefficient (Wildman–Crippen LogP) is 9.22. The molecule has 4 heterocycles. The van der Waals surface area contributed by atoms with Gasteiger partial charge in [0.05, 0.1) is 5.41 Å². The Morgan fingerprint density at radius 3 is 1.65 bits per heavy atom. The maximum atomic E-state index is 5.10. The number of thiophene rings is 1. The van der Waals surface area contributed by atoms with E-state index in [0.29, 0.717) is 28.9 Å². The highest BCUT2D eigenvalue weighted by atomic mass is 32.1. The lowest BCUT2D eigenvalue weighted by Crippen LogP contribution is -2.25. The molecule has 0 bridgehead atoms. The second-order valence-electron chi connectivity index (χ2n) is 11.6. The molecule has 0 N–H and O–H groups in total. The zero-order valence-corrected chi connectivity index (χ0v) is 25.2. The van der Waals surface area contributed by atoms with E-state index in [1.165, 1.54) is 53.9 Å². The summed E-state index contributed by atoms with van der Waals surface area (Å²) in [6.07, 6.45) is 3.53. The Balaban J connectivity index is 1.33. The predicted molar refractivity (Wildman–Crippen MR) is 183 cm³/mol. The molecule has 5 nitrogen and oxygen atoms in total. The molecule has 8 aromatic rings. The van der Waals surface area contributed by atoms with Crippen LogP contribution < -0.4 is 0 Å². The zero-order valence-electron chi connectivity index (χ0n) is 24.4. The van der Waals surface area contributed by atoms with E-state index in [2.05, 4.69) is 101 Å². The Bertz CT molecular complexity index is 2380. The number of fused-ring (bicyclic) bond motifs is 12. The number of hydrogen-bond acceptors (Lipinski definition) is 6. The maximum absolute atomic E-state index is 5.10. The molecule has 0 amide bonds. The van der Waals surface area contributed by atoms with Gasteiger partial charge >= 0.3 is 0 Å². The van der Waals surface area contributed by atoms with Crippen molar-refractivity contribution >= 4 is 21.4 Å². The first kappa shape index (κ1) is 25.5. The standard InChI is InChI=1S/C40H23N5S/c1-4-16-28-24(12-1)25-13-2-5-17-29(25)40(28)30-18-11-15-27(34(30)36-35(40)26-14-3-6-21-33(26)46-36)37-43-38(31-19-7-9-22-41-31)45-39(44-37)32-20-8-10-23-42-32/h1-23H. The molecule has 214 valence electrons. The summed E-state index contributed by atoms with van der Waals surface area (Å²) in [5.74, 6) is 1.64. The molecule has 0 aliphatic heterocycles. The van der Waals surface area contributed by atoms with Crippen molar-refractivity contribution in [2.24, 2.45) is 0 Å². The van der Waals surface area contributed by atoms with Crippen LogP contribution in [0.25, 0.3) is 66.1 Å². The van der Waals surface area contributed by atoms with E-state index < -0.39 is 5.41 Å². The lowest BCUT2D eigenvalue weighted by atomic mass is 9.70. The lowest BCUT2D eigenvalue weighted by molar-refractivity contribution is 0.802. The first-order valence-electron chi connectivity index (χ1n) is 15.3. The molecule has 0 saturated heterocycles. The number of aromatic nitrogens is 5. The molecule has 1 spiro atoms. The second kappa shape index (κ2) is 9.57. The molecule has 6 heteroatoms. The van der Waals surface area contributed by atoms with E-state index >= 15 is 0 Å². The van der Waals surface area contributed by atoms with Crippen LogP contribution in [0.4, 0.5) is 0 Å². The number of hydrogen-bond donors (Lipinski definition) is 0. The largest absolute Gasteiger partial charge is 0.253 e. The van der Waals surface area contributed by atoms with Crippen LogP contribution in [0.2, 0.25) is 0 Å². The minimum absolute atomic E-state index is 0.464. The fraction of sp³-hybridized carbons (Fsp3) is 0.0250. The van der Waals surface area contributed by atoms with Gasteiger partial charge in [0.1, 0.15) is 11.4 Å². The summed E-state index contributed by atoms with van der Waals surface area (Å²) < 4.78 is 1.27. The first-order valence-corrected chi connectivity index (χ1v) is 16.1. The van der Waals surface area contributed by atoms with Crippen LogP contribution in [0.15, 0.2) is 140 Å². The van der Waals surface area contributed by atoms with Gasteiger partial charge in [-0.15, -0.1) is 11.3 Å². The quantitative estimate of drug-likeness (QED) is 0.201. The lowest BCUT2D eigenvalue weighted by Gasteiger charge is -2.30. The van der Waals surface area contributed by atoms with Crippen molar-refractivity contribution in [3.63, 3.8) is 0 Å². The molecule has 0 radical (unpaired) electrons. The molecule has 4 aromatic carbocycles. The third-order valence-electron chi connectivity index (χ3n) is 9.28. The van der Waals surface area contributed by atoms with Gasteiger partial charge < -0.3 is 0 Å². The average Bonchev–Trinajstić information content (AvgIpc) is 3.76. The third kappa shape index (κ3) is 3.36. The molecule has 0 atom stereocenters. The van der Waals surface area contributed by atoms with Crippen LogP contribution in [0, 0.1) is 0 Å². The molecule has 10 rings (SSSR count). The van der Waals surface area contributed by atoms with E-state index in [9.17, 15) is 0 Å². The fourth-order valence-electron chi connectivity index (χ4n) is 7.53. The van der Waals surface area contributed by atoms with Crippen molar-refractivity contribution in [1.82, 2.24) is 24.9 Å². The van der Waals surface area contributed by atoms with E-state index in [1.807, 2.05) is 47.7 Å². The van der Waals surface area contributed by atoms with Crippen LogP contribution in [-0.2, 0) is 5.41 Å². The molecule has 0 fully saturated rings. The van der Waals surface area contributed by atoms with E-state index in [-0.39, 0.29) is 0 Å². The Morgan fingerprint density at radius 2 is 1.00 bits per heavy atom. The molecule has 46 heavy (non-hydrogen) atoms. The Labute approximate surface area is 269 Å². The second-order valence-corrected chi connectivity index (χ2v) is 12.7. The summed E-state index contributed by atoms with van der Waals surface area (Å²) in [5.41, 5.74) is 10.9. The average molecular weight is 606 g/mol. The van der Waals surface area contributed by atoms with Crippen molar-refractivity contribution < 1.29 is 0 Å². The van der Waals surface area contributed by atoms with Gasteiger partial charge in [-0.2, -0.15) is 0 Å². The minimum Gasteiger partial charge on any atom is -0.253 e. The van der Waals surface area contributed by atoms with Crippen LogP contribution in [0.3, 0.4) is 0 Å². The van der Waals surface area contributed by atoms with Crippen molar-refractivity contribution in [3.05, 3.63) is 162 Å². The Kier molecular flexibility index (Phi) is 5.30. The molecular weight excluding hydrogens is 583 g/mol. The highest BCUT2D eigenvalue weighted by Gasteiger charge is 2.54. The van der Waals surface area contributed by atoms with Crippen LogP contribution in [0.1, 0.15) is 22.3 Å². The van der Waals surface area contributed by atoms with Gasteiger partial charge in [-0.1, -0.05) is 97.1 Å². The van der Waals surface area contributed by atoms with Crippen LogP contribution in [0.5, 0.6) is 0 Å². The number of pyridine rings is 2. The number of rotatable bonds is 3. The van der Waals surface area contributed by atoms with Crippen molar-refractivity contribution in [1.29, 1.82) is 0 Å². The summed E-state index contributed by atoms with van der Waals surface area (Å²) in [4.78, 5) is 25.5. The summed E-state index contributed by atoms with van der Waals surface area (Å²) in [7, 11) is 0. The Hall–Kier alpha value is -5.85. The maximum Gasteiger partial charge on any atom is 0.182 e. The molecule has 0 saturated carbocycles. The number of benzene rings is 4. The molecule has 0 unspecified atom stereocenters.